The van der Waals surface area contributed by atoms with E-state index < -0.39 is 6.04 Å². The second-order valence-corrected chi connectivity index (χ2v) is 6.59. The number of amides is 3. The lowest BCUT2D eigenvalue weighted by atomic mass is 10.1. The van der Waals surface area contributed by atoms with Crippen LogP contribution in [0.25, 0.3) is 0 Å². The fraction of sp³-hybridized carbons (Fsp3) is 0.500. The van der Waals surface area contributed by atoms with Gasteiger partial charge in [0.25, 0.3) is 0 Å². The van der Waals surface area contributed by atoms with Crippen molar-refractivity contribution >= 4 is 17.7 Å². The minimum atomic E-state index is -0.415. The molecular weight excluding hydrogens is 306 g/mol. The fourth-order valence-corrected chi connectivity index (χ4v) is 3.47. The van der Waals surface area contributed by atoms with E-state index in [9.17, 15) is 14.4 Å². The van der Waals surface area contributed by atoms with E-state index in [1.165, 1.54) is 0 Å². The zero-order valence-electron chi connectivity index (χ0n) is 13.9. The smallest absolute Gasteiger partial charge is 0.243 e. The molecule has 2 aliphatic heterocycles. The molecule has 2 aliphatic rings. The van der Waals surface area contributed by atoms with Crippen LogP contribution in [0, 0.1) is 0 Å². The predicted molar refractivity (Wildman–Crippen MR) is 89.1 cm³/mol. The van der Waals surface area contributed by atoms with Crippen LogP contribution in [0.5, 0.6) is 0 Å². The van der Waals surface area contributed by atoms with Crippen LogP contribution >= 0.6 is 0 Å². The molecule has 0 spiro atoms. The molecule has 0 saturated carbocycles. The topological polar surface area (TPSA) is 69.7 Å². The monoisotopic (exact) mass is 329 g/mol. The highest BCUT2D eigenvalue weighted by molar-refractivity contribution is 5.90. The molecule has 0 bridgehead atoms. The Hall–Kier alpha value is -2.37. The number of benzene rings is 1. The minimum absolute atomic E-state index is 0.0153. The summed E-state index contributed by atoms with van der Waals surface area (Å²) in [4.78, 5) is 40.0. The highest BCUT2D eigenvalue weighted by Crippen LogP contribution is 2.20. The van der Waals surface area contributed by atoms with Gasteiger partial charge in [0.2, 0.25) is 17.7 Å². The lowest BCUT2D eigenvalue weighted by Crippen LogP contribution is -2.49. The van der Waals surface area contributed by atoms with E-state index in [1.54, 1.807) is 16.8 Å². The molecular formula is C18H23N3O3. The first kappa shape index (κ1) is 16.5. The Morgan fingerprint density at radius 3 is 2.67 bits per heavy atom. The molecule has 24 heavy (non-hydrogen) atoms. The van der Waals surface area contributed by atoms with E-state index >= 15 is 0 Å². The number of hydrogen-bond donors (Lipinski definition) is 1. The Balaban J connectivity index is 1.59. The van der Waals surface area contributed by atoms with Gasteiger partial charge < -0.3 is 15.1 Å². The second kappa shape index (κ2) is 7.03. The van der Waals surface area contributed by atoms with Gasteiger partial charge in [0.1, 0.15) is 6.04 Å². The van der Waals surface area contributed by atoms with Crippen molar-refractivity contribution in [1.29, 1.82) is 0 Å². The van der Waals surface area contributed by atoms with Crippen LogP contribution in [-0.2, 0) is 20.8 Å². The van der Waals surface area contributed by atoms with Gasteiger partial charge in [-0.3, -0.25) is 14.4 Å². The van der Waals surface area contributed by atoms with Crippen molar-refractivity contribution in [1.82, 2.24) is 15.1 Å². The summed E-state index contributed by atoms with van der Waals surface area (Å²) in [6.45, 7) is 1.16. The van der Waals surface area contributed by atoms with Crippen molar-refractivity contribution in [2.24, 2.45) is 0 Å². The molecule has 6 nitrogen and oxygen atoms in total. The van der Waals surface area contributed by atoms with Gasteiger partial charge in [-0.05, 0) is 18.4 Å². The number of likely N-dealkylation sites (tertiary alicyclic amines) is 2. The Kier molecular flexibility index (Phi) is 4.83. The van der Waals surface area contributed by atoms with Crippen molar-refractivity contribution < 1.29 is 14.4 Å². The molecule has 1 N–H and O–H groups in total. The van der Waals surface area contributed by atoms with Crippen LogP contribution < -0.4 is 5.32 Å². The first-order chi connectivity index (χ1) is 11.5. The van der Waals surface area contributed by atoms with Gasteiger partial charge in [0.05, 0.1) is 12.5 Å². The summed E-state index contributed by atoms with van der Waals surface area (Å²) in [5.74, 6) is -0.107. The van der Waals surface area contributed by atoms with E-state index in [0.29, 0.717) is 32.4 Å². The number of hydrogen-bond acceptors (Lipinski definition) is 3. The standard InChI is InChI=1S/C18H23N3O3/c1-20-12-14(11-16(20)22)19-18(24)15-8-5-9-21(15)17(23)10-13-6-3-2-4-7-13/h2-4,6-7,14-15H,5,8-12H2,1H3,(H,19,24)/t14-,15-/m0/s1. The maximum atomic E-state index is 12.6. The quantitative estimate of drug-likeness (QED) is 0.878. The Morgan fingerprint density at radius 2 is 2.00 bits per heavy atom. The number of nitrogens with one attached hydrogen (secondary N) is 1. The SMILES string of the molecule is CN1C[C@@H](NC(=O)[C@@H]2CCCN2C(=O)Cc2ccccc2)CC1=O. The van der Waals surface area contributed by atoms with E-state index in [1.807, 2.05) is 30.3 Å². The summed E-state index contributed by atoms with van der Waals surface area (Å²) >= 11 is 0. The third kappa shape index (κ3) is 3.58. The van der Waals surface area contributed by atoms with Crippen molar-refractivity contribution in [3.63, 3.8) is 0 Å². The van der Waals surface area contributed by atoms with Crippen molar-refractivity contribution in [2.45, 2.75) is 37.8 Å². The van der Waals surface area contributed by atoms with E-state index in [4.69, 9.17) is 0 Å². The largest absolute Gasteiger partial charge is 0.349 e. The normalized spacial score (nSPS) is 23.6. The molecule has 128 valence electrons. The van der Waals surface area contributed by atoms with Gasteiger partial charge in [-0.2, -0.15) is 0 Å². The first-order valence-corrected chi connectivity index (χ1v) is 8.42. The summed E-state index contributed by atoms with van der Waals surface area (Å²) in [5, 5.41) is 2.94. The molecule has 3 rings (SSSR count). The number of nitrogens with zero attached hydrogens (tertiary/aromatic N) is 2. The van der Waals surface area contributed by atoms with E-state index in [2.05, 4.69) is 5.32 Å². The molecule has 2 saturated heterocycles. The third-order valence-corrected chi connectivity index (χ3v) is 4.76. The summed E-state index contributed by atoms with van der Waals surface area (Å²) < 4.78 is 0. The zero-order valence-corrected chi connectivity index (χ0v) is 13.9. The van der Waals surface area contributed by atoms with Crippen molar-refractivity contribution in [3.05, 3.63) is 35.9 Å². The maximum absolute atomic E-state index is 12.6. The van der Waals surface area contributed by atoms with Crippen LogP contribution in [0.15, 0.2) is 30.3 Å². The predicted octanol–water partition coefficient (Wildman–Crippen LogP) is 0.567. The number of carbonyl (C=O) groups excluding carboxylic acids is 3. The second-order valence-electron chi connectivity index (χ2n) is 6.59. The molecule has 6 heteroatoms. The van der Waals surface area contributed by atoms with Crippen LogP contribution in [0.4, 0.5) is 0 Å². The van der Waals surface area contributed by atoms with Gasteiger partial charge in [0, 0.05) is 26.6 Å². The molecule has 0 radical (unpaired) electrons. The lowest BCUT2D eigenvalue weighted by Gasteiger charge is -2.25. The number of rotatable bonds is 4. The van der Waals surface area contributed by atoms with Gasteiger partial charge in [-0.15, -0.1) is 0 Å². The fourth-order valence-electron chi connectivity index (χ4n) is 3.47. The molecule has 1 aromatic carbocycles. The Bertz CT molecular complexity index is 632. The number of likely N-dealkylation sites (N-methyl/N-ethyl adjacent to an activating group) is 1. The Labute approximate surface area is 141 Å². The minimum Gasteiger partial charge on any atom is -0.349 e. The molecule has 0 unspecified atom stereocenters. The van der Waals surface area contributed by atoms with Crippen LogP contribution in [-0.4, -0.2) is 59.7 Å². The number of carbonyl (C=O) groups is 3. The van der Waals surface area contributed by atoms with Crippen LogP contribution in [0.1, 0.15) is 24.8 Å². The van der Waals surface area contributed by atoms with Gasteiger partial charge in [0.15, 0.2) is 0 Å². The molecule has 0 aliphatic carbocycles. The molecule has 3 amide bonds. The van der Waals surface area contributed by atoms with Crippen LogP contribution in [0.2, 0.25) is 0 Å². The summed E-state index contributed by atoms with van der Waals surface area (Å²) in [5.41, 5.74) is 0.955. The molecule has 1 aromatic rings. The maximum Gasteiger partial charge on any atom is 0.243 e. The summed E-state index contributed by atoms with van der Waals surface area (Å²) in [6, 6.07) is 9.00. The third-order valence-electron chi connectivity index (χ3n) is 4.76. The van der Waals surface area contributed by atoms with Crippen molar-refractivity contribution in [2.75, 3.05) is 20.1 Å². The van der Waals surface area contributed by atoms with E-state index in [-0.39, 0.29) is 23.8 Å². The lowest BCUT2D eigenvalue weighted by molar-refractivity contribution is -0.138. The van der Waals surface area contributed by atoms with Gasteiger partial charge >= 0.3 is 0 Å². The first-order valence-electron chi connectivity index (χ1n) is 8.42. The van der Waals surface area contributed by atoms with Crippen molar-refractivity contribution in [3.8, 4) is 0 Å². The summed E-state index contributed by atoms with van der Waals surface area (Å²) in [7, 11) is 1.74. The molecule has 2 atom stereocenters. The molecule has 2 heterocycles. The Morgan fingerprint density at radius 1 is 1.25 bits per heavy atom. The van der Waals surface area contributed by atoms with Crippen LogP contribution in [0.3, 0.4) is 0 Å². The van der Waals surface area contributed by atoms with Gasteiger partial charge in [-0.1, -0.05) is 30.3 Å². The zero-order chi connectivity index (χ0) is 17.1. The van der Waals surface area contributed by atoms with E-state index in [0.717, 1.165) is 12.0 Å². The molecule has 2 fully saturated rings. The summed E-state index contributed by atoms with van der Waals surface area (Å²) in [6.07, 6.45) is 2.17. The highest BCUT2D eigenvalue weighted by atomic mass is 16.2. The highest BCUT2D eigenvalue weighted by Gasteiger charge is 2.36. The average Bonchev–Trinajstić information content (AvgIpc) is 3.16. The van der Waals surface area contributed by atoms with Gasteiger partial charge in [-0.25, -0.2) is 0 Å². The average molecular weight is 329 g/mol. The molecule has 0 aromatic heterocycles.